The van der Waals surface area contributed by atoms with Crippen molar-refractivity contribution in [1.82, 2.24) is 9.97 Å². The molecule has 1 fully saturated rings. The standard InChI is InChI=1S/C11H14N4O/c12-6-9-4-5-13-11(14-9)15-10-3-1-2-8(10)7-16/h4-5,8,10,16H,1-3,7H2,(H,13,14,15). The van der Waals surface area contributed by atoms with Crippen LogP contribution in [-0.4, -0.2) is 27.7 Å². The van der Waals surface area contributed by atoms with Gasteiger partial charge >= 0.3 is 0 Å². The molecule has 2 N–H and O–H groups in total. The zero-order chi connectivity index (χ0) is 11.4. The van der Waals surface area contributed by atoms with Crippen LogP contribution < -0.4 is 5.32 Å². The minimum Gasteiger partial charge on any atom is -0.396 e. The fourth-order valence-electron chi connectivity index (χ4n) is 2.10. The van der Waals surface area contributed by atoms with Gasteiger partial charge < -0.3 is 10.4 Å². The third-order valence-electron chi connectivity index (χ3n) is 2.98. The number of aliphatic hydroxyl groups is 1. The summed E-state index contributed by atoms with van der Waals surface area (Å²) >= 11 is 0. The molecular formula is C11H14N4O. The van der Waals surface area contributed by atoms with Crippen LogP contribution in [-0.2, 0) is 0 Å². The predicted molar refractivity (Wildman–Crippen MR) is 58.6 cm³/mol. The van der Waals surface area contributed by atoms with Gasteiger partial charge in [0.15, 0.2) is 0 Å². The molecule has 0 aliphatic heterocycles. The second kappa shape index (κ2) is 4.90. The molecule has 0 amide bonds. The fourth-order valence-corrected chi connectivity index (χ4v) is 2.10. The lowest BCUT2D eigenvalue weighted by Crippen LogP contribution is -2.27. The summed E-state index contributed by atoms with van der Waals surface area (Å²) in [6.45, 7) is 0.190. The average Bonchev–Trinajstić information content (AvgIpc) is 2.76. The van der Waals surface area contributed by atoms with Crippen molar-refractivity contribution in [3.05, 3.63) is 18.0 Å². The fraction of sp³-hybridized carbons (Fsp3) is 0.545. The first kappa shape index (κ1) is 10.8. The molecular weight excluding hydrogens is 204 g/mol. The average molecular weight is 218 g/mol. The van der Waals surface area contributed by atoms with Crippen molar-refractivity contribution in [3.63, 3.8) is 0 Å². The van der Waals surface area contributed by atoms with E-state index in [-0.39, 0.29) is 18.6 Å². The van der Waals surface area contributed by atoms with Crippen LogP contribution in [0.2, 0.25) is 0 Å². The van der Waals surface area contributed by atoms with Crippen LogP contribution in [0.25, 0.3) is 0 Å². The van der Waals surface area contributed by atoms with Crippen LogP contribution in [0.1, 0.15) is 25.0 Å². The van der Waals surface area contributed by atoms with Gasteiger partial charge in [0.1, 0.15) is 11.8 Å². The monoisotopic (exact) mass is 218 g/mol. The van der Waals surface area contributed by atoms with Gasteiger partial charge in [-0.3, -0.25) is 0 Å². The summed E-state index contributed by atoms with van der Waals surface area (Å²) < 4.78 is 0. The van der Waals surface area contributed by atoms with E-state index in [1.807, 2.05) is 6.07 Å². The molecule has 0 saturated heterocycles. The number of rotatable bonds is 3. The lowest BCUT2D eigenvalue weighted by Gasteiger charge is -2.18. The summed E-state index contributed by atoms with van der Waals surface area (Å²) in [7, 11) is 0. The molecule has 0 radical (unpaired) electrons. The van der Waals surface area contributed by atoms with E-state index in [4.69, 9.17) is 5.26 Å². The van der Waals surface area contributed by atoms with Gasteiger partial charge in [0.25, 0.3) is 0 Å². The van der Waals surface area contributed by atoms with Gasteiger partial charge in [-0.1, -0.05) is 6.42 Å². The van der Waals surface area contributed by atoms with E-state index in [9.17, 15) is 5.11 Å². The minimum atomic E-state index is 0.190. The first-order valence-corrected chi connectivity index (χ1v) is 5.44. The highest BCUT2D eigenvalue weighted by atomic mass is 16.3. The van der Waals surface area contributed by atoms with Crippen LogP contribution >= 0.6 is 0 Å². The van der Waals surface area contributed by atoms with Gasteiger partial charge in [-0.15, -0.1) is 0 Å². The summed E-state index contributed by atoms with van der Waals surface area (Å²) in [5.41, 5.74) is 0.357. The molecule has 0 bridgehead atoms. The lowest BCUT2D eigenvalue weighted by atomic mass is 10.1. The number of aliphatic hydroxyl groups excluding tert-OH is 1. The molecule has 2 rings (SSSR count). The number of nitrogens with zero attached hydrogens (tertiary/aromatic N) is 3. The third-order valence-corrected chi connectivity index (χ3v) is 2.98. The molecule has 0 aromatic carbocycles. The lowest BCUT2D eigenvalue weighted by molar-refractivity contribution is 0.222. The van der Waals surface area contributed by atoms with Crippen molar-refractivity contribution < 1.29 is 5.11 Å². The molecule has 1 saturated carbocycles. The maximum atomic E-state index is 9.18. The molecule has 5 heteroatoms. The highest BCUT2D eigenvalue weighted by Gasteiger charge is 2.26. The third kappa shape index (κ3) is 2.28. The van der Waals surface area contributed by atoms with Gasteiger partial charge in [0.2, 0.25) is 5.95 Å². The van der Waals surface area contributed by atoms with Crippen molar-refractivity contribution in [3.8, 4) is 6.07 Å². The molecule has 16 heavy (non-hydrogen) atoms. The number of nitriles is 1. The Kier molecular flexibility index (Phi) is 3.32. The van der Waals surface area contributed by atoms with Gasteiger partial charge in [-0.25, -0.2) is 9.97 Å². The van der Waals surface area contributed by atoms with Crippen LogP contribution in [0.15, 0.2) is 12.3 Å². The van der Waals surface area contributed by atoms with E-state index in [0.717, 1.165) is 19.3 Å². The Bertz CT molecular complexity index is 401. The zero-order valence-electron chi connectivity index (χ0n) is 8.93. The van der Waals surface area contributed by atoms with Gasteiger partial charge in [0, 0.05) is 24.8 Å². The van der Waals surface area contributed by atoms with E-state index >= 15 is 0 Å². The van der Waals surface area contributed by atoms with E-state index < -0.39 is 0 Å². The van der Waals surface area contributed by atoms with Crippen molar-refractivity contribution >= 4 is 5.95 Å². The van der Waals surface area contributed by atoms with Crippen molar-refractivity contribution in [2.24, 2.45) is 5.92 Å². The minimum absolute atomic E-state index is 0.190. The molecule has 84 valence electrons. The van der Waals surface area contributed by atoms with Crippen molar-refractivity contribution in [2.75, 3.05) is 11.9 Å². The van der Waals surface area contributed by atoms with Crippen LogP contribution in [0.3, 0.4) is 0 Å². The Morgan fingerprint density at radius 1 is 1.56 bits per heavy atom. The first-order chi connectivity index (χ1) is 7.83. The quantitative estimate of drug-likeness (QED) is 0.788. The molecule has 1 heterocycles. The molecule has 1 aliphatic carbocycles. The SMILES string of the molecule is N#Cc1ccnc(NC2CCCC2CO)n1. The Hall–Kier alpha value is -1.67. The van der Waals surface area contributed by atoms with Gasteiger partial charge in [-0.05, 0) is 18.9 Å². The van der Waals surface area contributed by atoms with Gasteiger partial charge in [0.05, 0.1) is 0 Å². The largest absolute Gasteiger partial charge is 0.396 e. The van der Waals surface area contributed by atoms with Crippen molar-refractivity contribution in [1.29, 1.82) is 5.26 Å². The molecule has 1 aromatic heterocycles. The summed E-state index contributed by atoms with van der Waals surface area (Å²) in [6, 6.07) is 3.77. The van der Waals surface area contributed by atoms with E-state index in [1.54, 1.807) is 12.3 Å². The smallest absolute Gasteiger partial charge is 0.224 e. The van der Waals surface area contributed by atoms with Crippen LogP contribution in [0, 0.1) is 17.2 Å². The maximum Gasteiger partial charge on any atom is 0.224 e. The highest BCUT2D eigenvalue weighted by molar-refractivity contribution is 5.31. The number of nitrogens with one attached hydrogen (secondary N) is 1. The summed E-state index contributed by atoms with van der Waals surface area (Å²) in [5, 5.41) is 21.1. The molecule has 0 spiro atoms. The molecule has 1 aromatic rings. The Labute approximate surface area is 94.2 Å². The molecule has 2 atom stereocenters. The number of anilines is 1. The number of hydrogen-bond acceptors (Lipinski definition) is 5. The van der Waals surface area contributed by atoms with E-state index in [2.05, 4.69) is 15.3 Å². The molecule has 2 unspecified atom stereocenters. The number of hydrogen-bond donors (Lipinski definition) is 2. The van der Waals surface area contributed by atoms with E-state index in [1.165, 1.54) is 0 Å². The number of aromatic nitrogens is 2. The molecule has 1 aliphatic rings. The molecule has 5 nitrogen and oxygen atoms in total. The zero-order valence-corrected chi connectivity index (χ0v) is 8.93. The van der Waals surface area contributed by atoms with Crippen LogP contribution in [0.4, 0.5) is 5.95 Å². The summed E-state index contributed by atoms with van der Waals surface area (Å²) in [6.07, 6.45) is 4.73. The van der Waals surface area contributed by atoms with E-state index in [0.29, 0.717) is 11.6 Å². The maximum absolute atomic E-state index is 9.18. The Morgan fingerprint density at radius 2 is 2.44 bits per heavy atom. The Balaban J connectivity index is 2.06. The second-order valence-corrected chi connectivity index (χ2v) is 4.00. The summed E-state index contributed by atoms with van der Waals surface area (Å²) in [5.74, 6) is 0.749. The topological polar surface area (TPSA) is 81.8 Å². The normalized spacial score (nSPS) is 24.0. The highest BCUT2D eigenvalue weighted by Crippen LogP contribution is 2.27. The Morgan fingerprint density at radius 3 is 3.19 bits per heavy atom. The second-order valence-electron chi connectivity index (χ2n) is 4.00. The first-order valence-electron chi connectivity index (χ1n) is 5.44. The predicted octanol–water partition coefficient (Wildman–Crippen LogP) is 0.921. The van der Waals surface area contributed by atoms with Gasteiger partial charge in [-0.2, -0.15) is 5.26 Å². The van der Waals surface area contributed by atoms with Crippen LogP contribution in [0.5, 0.6) is 0 Å². The summed E-state index contributed by atoms with van der Waals surface area (Å²) in [4.78, 5) is 8.12. The van der Waals surface area contributed by atoms with Crippen molar-refractivity contribution in [2.45, 2.75) is 25.3 Å².